The molecule has 25 heavy (non-hydrogen) atoms. The third kappa shape index (κ3) is 3.26. The lowest BCUT2D eigenvalue weighted by Crippen LogP contribution is -2.51. The first-order valence-electron chi connectivity index (χ1n) is 7.99. The van der Waals surface area contributed by atoms with E-state index in [0.717, 1.165) is 4.31 Å². The number of carbonyl (C=O) groups is 2. The van der Waals surface area contributed by atoms with Gasteiger partial charge in [-0.15, -0.1) is 12.4 Å². The number of carbonyl (C=O) groups excluding carboxylic acids is 2. The van der Waals surface area contributed by atoms with Gasteiger partial charge in [-0.2, -0.15) is 0 Å². The van der Waals surface area contributed by atoms with Crippen LogP contribution in [0.1, 0.15) is 41.5 Å². The molecule has 9 heteroatoms. The van der Waals surface area contributed by atoms with E-state index in [0.29, 0.717) is 25.2 Å². The molecule has 1 N–H and O–H groups in total. The summed E-state index contributed by atoms with van der Waals surface area (Å²) in [6, 6.07) is 4.03. The summed E-state index contributed by atoms with van der Waals surface area (Å²) in [5.74, 6) is -0.744. The molecule has 0 aromatic heterocycles. The standard InChI is InChI=1S/C16H21N3O4S.ClH/c1-10(2)19-16(21)13-5-4-12(8-14(13)24(19,22)23)15(20)18-7-6-17-11(3)9-18;/h4-5,8,10-11,17H,6-7,9H2,1-3H3;1H. The van der Waals surface area contributed by atoms with Crippen LogP contribution in [0.15, 0.2) is 23.1 Å². The summed E-state index contributed by atoms with van der Waals surface area (Å²) in [6.45, 7) is 7.14. The molecule has 3 rings (SSSR count). The maximum atomic E-state index is 12.7. The number of nitrogens with one attached hydrogen (secondary N) is 1. The lowest BCUT2D eigenvalue weighted by molar-refractivity contribution is 0.0708. The van der Waals surface area contributed by atoms with Gasteiger partial charge in [-0.05, 0) is 39.0 Å². The topological polar surface area (TPSA) is 86.8 Å². The van der Waals surface area contributed by atoms with E-state index >= 15 is 0 Å². The number of rotatable bonds is 2. The number of benzene rings is 1. The van der Waals surface area contributed by atoms with Crippen molar-refractivity contribution in [3.05, 3.63) is 29.3 Å². The van der Waals surface area contributed by atoms with Crippen molar-refractivity contribution in [2.75, 3.05) is 19.6 Å². The molecule has 2 aliphatic rings. The van der Waals surface area contributed by atoms with E-state index in [4.69, 9.17) is 0 Å². The second-order valence-electron chi connectivity index (χ2n) is 6.52. The minimum Gasteiger partial charge on any atom is -0.336 e. The Bertz CT molecular complexity index is 810. The van der Waals surface area contributed by atoms with E-state index in [2.05, 4.69) is 5.32 Å². The third-order valence-electron chi connectivity index (χ3n) is 4.32. The highest BCUT2D eigenvalue weighted by Gasteiger charge is 2.43. The van der Waals surface area contributed by atoms with Crippen LogP contribution in [0.2, 0.25) is 0 Å². The van der Waals surface area contributed by atoms with Crippen molar-refractivity contribution in [2.45, 2.75) is 37.8 Å². The van der Waals surface area contributed by atoms with Gasteiger partial charge in [0.2, 0.25) is 0 Å². The number of hydrogen-bond acceptors (Lipinski definition) is 5. The molecule has 1 aromatic rings. The Hall–Kier alpha value is -1.64. The monoisotopic (exact) mass is 387 g/mol. The Morgan fingerprint density at radius 2 is 2.00 bits per heavy atom. The van der Waals surface area contributed by atoms with Crippen LogP contribution in [-0.4, -0.2) is 61.2 Å². The third-order valence-corrected chi connectivity index (χ3v) is 6.32. The quantitative estimate of drug-likeness (QED) is 0.821. The molecule has 1 fully saturated rings. The van der Waals surface area contributed by atoms with Gasteiger partial charge in [-0.25, -0.2) is 12.7 Å². The van der Waals surface area contributed by atoms with Crippen LogP contribution in [0, 0.1) is 0 Å². The molecule has 1 atom stereocenters. The minimum absolute atomic E-state index is 0. The van der Waals surface area contributed by atoms with Crippen molar-refractivity contribution in [2.24, 2.45) is 0 Å². The molecule has 1 unspecified atom stereocenters. The van der Waals surface area contributed by atoms with Crippen LogP contribution in [-0.2, 0) is 10.0 Å². The van der Waals surface area contributed by atoms with Crippen LogP contribution < -0.4 is 5.32 Å². The van der Waals surface area contributed by atoms with E-state index in [1.165, 1.54) is 18.2 Å². The van der Waals surface area contributed by atoms with Crippen molar-refractivity contribution < 1.29 is 18.0 Å². The predicted octanol–water partition coefficient (Wildman–Crippen LogP) is 1.10. The number of sulfonamides is 1. The lowest BCUT2D eigenvalue weighted by atomic mass is 10.1. The SMILES string of the molecule is CC1CN(C(=O)c2ccc3c(c2)S(=O)(=O)N(C(C)C)C3=O)CCN1.Cl. The van der Waals surface area contributed by atoms with E-state index in [-0.39, 0.29) is 34.8 Å². The summed E-state index contributed by atoms with van der Waals surface area (Å²) in [5, 5.41) is 3.26. The smallest absolute Gasteiger partial charge is 0.269 e. The molecule has 0 saturated carbocycles. The van der Waals surface area contributed by atoms with E-state index in [1.807, 2.05) is 6.92 Å². The molecule has 0 spiro atoms. The van der Waals surface area contributed by atoms with Crippen LogP contribution >= 0.6 is 12.4 Å². The van der Waals surface area contributed by atoms with Crippen molar-refractivity contribution in [3.63, 3.8) is 0 Å². The first kappa shape index (κ1) is 19.7. The first-order chi connectivity index (χ1) is 11.2. The van der Waals surface area contributed by atoms with Crippen molar-refractivity contribution in [3.8, 4) is 0 Å². The van der Waals surface area contributed by atoms with E-state index < -0.39 is 22.0 Å². The maximum absolute atomic E-state index is 12.7. The zero-order valence-electron chi connectivity index (χ0n) is 14.4. The molecule has 0 aliphatic carbocycles. The summed E-state index contributed by atoms with van der Waals surface area (Å²) in [4.78, 5) is 26.6. The second kappa shape index (κ2) is 6.93. The molecule has 2 aliphatic heterocycles. The van der Waals surface area contributed by atoms with Crippen molar-refractivity contribution in [1.29, 1.82) is 0 Å². The van der Waals surface area contributed by atoms with Crippen molar-refractivity contribution >= 4 is 34.2 Å². The molecule has 7 nitrogen and oxygen atoms in total. The number of piperazine rings is 1. The molecule has 2 amide bonds. The molecule has 2 heterocycles. The minimum atomic E-state index is -3.89. The highest BCUT2D eigenvalue weighted by molar-refractivity contribution is 7.90. The zero-order valence-corrected chi connectivity index (χ0v) is 16.0. The van der Waals surface area contributed by atoms with Crippen LogP contribution in [0.25, 0.3) is 0 Å². The summed E-state index contributed by atoms with van der Waals surface area (Å²) in [7, 11) is -3.89. The second-order valence-corrected chi connectivity index (χ2v) is 8.30. The maximum Gasteiger partial charge on any atom is 0.269 e. The van der Waals surface area contributed by atoms with Gasteiger partial charge in [-0.1, -0.05) is 0 Å². The van der Waals surface area contributed by atoms with Gasteiger partial charge in [-0.3, -0.25) is 9.59 Å². The molecule has 138 valence electrons. The van der Waals surface area contributed by atoms with Gasteiger partial charge in [0.15, 0.2) is 0 Å². The lowest BCUT2D eigenvalue weighted by Gasteiger charge is -2.32. The van der Waals surface area contributed by atoms with E-state index in [1.54, 1.807) is 18.7 Å². The average molecular weight is 388 g/mol. The van der Waals surface area contributed by atoms with Crippen LogP contribution in [0.5, 0.6) is 0 Å². The van der Waals surface area contributed by atoms with Crippen LogP contribution in [0.3, 0.4) is 0 Å². The fourth-order valence-electron chi connectivity index (χ4n) is 3.19. The first-order valence-corrected chi connectivity index (χ1v) is 9.43. The number of hydrogen-bond donors (Lipinski definition) is 1. The Morgan fingerprint density at radius 1 is 1.32 bits per heavy atom. The van der Waals surface area contributed by atoms with Crippen LogP contribution in [0.4, 0.5) is 0 Å². The van der Waals surface area contributed by atoms with Gasteiger partial charge < -0.3 is 10.2 Å². The number of nitrogens with zero attached hydrogens (tertiary/aromatic N) is 2. The Morgan fingerprint density at radius 3 is 2.60 bits per heavy atom. The van der Waals surface area contributed by atoms with Gasteiger partial charge in [0.25, 0.3) is 21.8 Å². The van der Waals surface area contributed by atoms with Gasteiger partial charge in [0, 0.05) is 37.3 Å². The Labute approximate surface area is 153 Å². The normalized spacial score (nSPS) is 21.9. The Kier molecular flexibility index (Phi) is 5.46. The molecule has 0 bridgehead atoms. The largest absolute Gasteiger partial charge is 0.336 e. The molecule has 1 aromatic carbocycles. The van der Waals surface area contributed by atoms with Gasteiger partial charge in [0.05, 0.1) is 5.56 Å². The fraction of sp³-hybridized carbons (Fsp3) is 0.500. The average Bonchev–Trinajstić information content (AvgIpc) is 2.72. The highest BCUT2D eigenvalue weighted by Crippen LogP contribution is 2.32. The number of halogens is 1. The van der Waals surface area contributed by atoms with Gasteiger partial charge >= 0.3 is 0 Å². The van der Waals surface area contributed by atoms with Gasteiger partial charge in [0.1, 0.15) is 4.90 Å². The number of amides is 2. The number of fused-ring (bicyclic) bond motifs is 1. The summed E-state index contributed by atoms with van der Waals surface area (Å²) < 4.78 is 26.1. The summed E-state index contributed by atoms with van der Waals surface area (Å²) in [6.07, 6.45) is 0. The molecule has 1 saturated heterocycles. The summed E-state index contributed by atoms with van der Waals surface area (Å²) >= 11 is 0. The summed E-state index contributed by atoms with van der Waals surface area (Å²) in [5.41, 5.74) is 0.429. The fourth-order valence-corrected chi connectivity index (χ4v) is 4.98. The van der Waals surface area contributed by atoms with E-state index in [9.17, 15) is 18.0 Å². The molecular weight excluding hydrogens is 366 g/mol. The molecular formula is C16H22ClN3O4S. The molecule has 0 radical (unpaired) electrons. The predicted molar refractivity (Wildman–Crippen MR) is 95.5 cm³/mol. The highest BCUT2D eigenvalue weighted by atomic mass is 35.5. The zero-order chi connectivity index (χ0) is 17.6. The van der Waals surface area contributed by atoms with Crippen molar-refractivity contribution in [1.82, 2.24) is 14.5 Å². The Balaban J connectivity index is 0.00000225.